The summed E-state index contributed by atoms with van der Waals surface area (Å²) in [5.74, 6) is -0.324. The number of thioether (sulfide) groups is 1. The topological polar surface area (TPSA) is 61.8 Å². The Labute approximate surface area is 140 Å². The highest BCUT2D eigenvalue weighted by atomic mass is 32.2. The lowest BCUT2D eigenvalue weighted by Crippen LogP contribution is -2.25. The number of carbonyl (C=O) groups is 2. The lowest BCUT2D eigenvalue weighted by Gasteiger charge is -2.16. The van der Waals surface area contributed by atoms with E-state index in [1.165, 1.54) is 11.8 Å². The van der Waals surface area contributed by atoms with Crippen molar-refractivity contribution in [3.05, 3.63) is 29.3 Å². The van der Waals surface area contributed by atoms with Crippen molar-refractivity contribution in [1.29, 1.82) is 0 Å². The highest BCUT2D eigenvalue weighted by Crippen LogP contribution is 2.29. The summed E-state index contributed by atoms with van der Waals surface area (Å²) in [5.41, 5.74) is 2.92. The zero-order chi connectivity index (χ0) is 16.4. The molecule has 2 heterocycles. The molecule has 122 valence electrons. The molecule has 1 N–H and O–H groups in total. The summed E-state index contributed by atoms with van der Waals surface area (Å²) >= 11 is 1.43. The molecule has 6 heteroatoms. The van der Waals surface area contributed by atoms with Crippen LogP contribution < -0.4 is 5.32 Å². The zero-order valence-corrected chi connectivity index (χ0v) is 14.3. The molecule has 1 saturated heterocycles. The first-order valence-corrected chi connectivity index (χ1v) is 8.82. The zero-order valence-electron chi connectivity index (χ0n) is 13.5. The third kappa shape index (κ3) is 3.75. The van der Waals surface area contributed by atoms with Crippen LogP contribution in [0.2, 0.25) is 0 Å². The minimum atomic E-state index is -0.393. The number of aliphatic imine (C=N–C) groups is 1. The van der Waals surface area contributed by atoms with Crippen LogP contribution in [0.25, 0.3) is 0 Å². The van der Waals surface area contributed by atoms with Gasteiger partial charge in [0, 0.05) is 25.2 Å². The van der Waals surface area contributed by atoms with E-state index in [0.717, 1.165) is 47.9 Å². The van der Waals surface area contributed by atoms with Gasteiger partial charge in [-0.2, -0.15) is 4.99 Å². The minimum absolute atomic E-state index is 0.137. The molecule has 3 rings (SSSR count). The van der Waals surface area contributed by atoms with Gasteiger partial charge in [0.2, 0.25) is 5.91 Å². The van der Waals surface area contributed by atoms with Crippen LogP contribution in [0.4, 0.5) is 5.69 Å². The van der Waals surface area contributed by atoms with E-state index in [1.807, 2.05) is 32.0 Å². The van der Waals surface area contributed by atoms with Crippen molar-refractivity contribution in [3.8, 4) is 0 Å². The number of benzene rings is 1. The van der Waals surface area contributed by atoms with Crippen LogP contribution in [0.3, 0.4) is 0 Å². The average Bonchev–Trinajstić information content (AvgIpc) is 3.13. The number of rotatable bonds is 3. The van der Waals surface area contributed by atoms with E-state index >= 15 is 0 Å². The van der Waals surface area contributed by atoms with Crippen LogP contribution in [-0.2, 0) is 9.59 Å². The fraction of sp³-hybridized carbons (Fsp3) is 0.471. The van der Waals surface area contributed by atoms with Crippen LogP contribution in [-0.4, -0.2) is 40.2 Å². The van der Waals surface area contributed by atoms with E-state index in [0.29, 0.717) is 0 Å². The molecule has 1 atom stereocenters. The fourth-order valence-electron chi connectivity index (χ4n) is 2.79. The Balaban J connectivity index is 1.58. The molecule has 0 spiro atoms. The van der Waals surface area contributed by atoms with E-state index in [2.05, 4.69) is 15.2 Å². The van der Waals surface area contributed by atoms with E-state index in [4.69, 9.17) is 0 Å². The maximum Gasteiger partial charge on any atom is 0.262 e. The number of carbonyl (C=O) groups excluding carboxylic acids is 2. The van der Waals surface area contributed by atoms with Crippen molar-refractivity contribution in [1.82, 2.24) is 4.90 Å². The second-order valence-electron chi connectivity index (χ2n) is 6.10. The van der Waals surface area contributed by atoms with Gasteiger partial charge in [-0.25, -0.2) is 0 Å². The predicted molar refractivity (Wildman–Crippen MR) is 93.8 cm³/mol. The second kappa shape index (κ2) is 6.74. The average molecular weight is 331 g/mol. The van der Waals surface area contributed by atoms with E-state index in [9.17, 15) is 9.59 Å². The van der Waals surface area contributed by atoms with Gasteiger partial charge < -0.3 is 10.2 Å². The second-order valence-corrected chi connectivity index (χ2v) is 7.27. The van der Waals surface area contributed by atoms with Crippen molar-refractivity contribution < 1.29 is 9.59 Å². The molecular formula is C17H21N3O2S. The number of amides is 2. The number of likely N-dealkylation sites (tertiary alicyclic amines) is 1. The molecule has 2 aliphatic rings. The maximum absolute atomic E-state index is 12.3. The molecule has 2 aliphatic heterocycles. The smallest absolute Gasteiger partial charge is 0.262 e. The number of aryl methyl sites for hydroxylation is 2. The van der Waals surface area contributed by atoms with Gasteiger partial charge in [0.1, 0.15) is 5.25 Å². The van der Waals surface area contributed by atoms with Gasteiger partial charge in [0.25, 0.3) is 5.91 Å². The molecule has 1 aromatic rings. The van der Waals surface area contributed by atoms with Crippen molar-refractivity contribution in [2.24, 2.45) is 4.99 Å². The lowest BCUT2D eigenvalue weighted by atomic mass is 10.1. The number of nitrogens with one attached hydrogen (secondary N) is 1. The summed E-state index contributed by atoms with van der Waals surface area (Å²) in [5, 5.41) is 3.31. The van der Waals surface area contributed by atoms with E-state index < -0.39 is 5.25 Å². The van der Waals surface area contributed by atoms with Gasteiger partial charge in [-0.1, -0.05) is 23.9 Å². The standard InChI is InChI=1S/C17H21N3O2S/c1-11-5-6-12(2)13(9-11)18-15(21)10-14-16(22)19-17(23-14)20-7-3-4-8-20/h5-6,9,14H,3-4,7-8,10H2,1-2H3,(H,18,21)/t14-/m0/s1. The van der Waals surface area contributed by atoms with Crippen molar-refractivity contribution in [2.45, 2.75) is 38.4 Å². The number of nitrogens with zero attached hydrogens (tertiary/aromatic N) is 2. The highest BCUT2D eigenvalue weighted by Gasteiger charge is 2.33. The Bertz CT molecular complexity index is 666. The first kappa shape index (κ1) is 16.1. The summed E-state index contributed by atoms with van der Waals surface area (Å²) in [7, 11) is 0. The third-order valence-electron chi connectivity index (χ3n) is 4.14. The van der Waals surface area contributed by atoms with Crippen LogP contribution in [0.5, 0.6) is 0 Å². The molecule has 0 saturated carbocycles. The summed E-state index contributed by atoms with van der Waals surface area (Å²) in [4.78, 5) is 30.6. The predicted octanol–water partition coefficient (Wildman–Crippen LogP) is 2.73. The summed E-state index contributed by atoms with van der Waals surface area (Å²) in [6, 6.07) is 5.94. The minimum Gasteiger partial charge on any atom is -0.351 e. The van der Waals surface area contributed by atoms with Crippen LogP contribution in [0, 0.1) is 13.8 Å². The first-order chi connectivity index (χ1) is 11.0. The lowest BCUT2D eigenvalue weighted by molar-refractivity contribution is -0.121. The molecule has 0 aliphatic carbocycles. The molecule has 23 heavy (non-hydrogen) atoms. The highest BCUT2D eigenvalue weighted by molar-refractivity contribution is 8.15. The molecule has 1 fully saturated rings. The number of anilines is 1. The monoisotopic (exact) mass is 331 g/mol. The quantitative estimate of drug-likeness (QED) is 0.925. The van der Waals surface area contributed by atoms with Gasteiger partial charge in [0.15, 0.2) is 5.17 Å². The van der Waals surface area contributed by atoms with Crippen molar-refractivity contribution >= 4 is 34.4 Å². The van der Waals surface area contributed by atoms with Gasteiger partial charge in [-0.05, 0) is 43.9 Å². The Hall–Kier alpha value is -1.82. The Morgan fingerprint density at radius 2 is 2.09 bits per heavy atom. The summed E-state index contributed by atoms with van der Waals surface area (Å²) in [6.45, 7) is 5.86. The molecule has 0 aromatic heterocycles. The number of hydrogen-bond acceptors (Lipinski definition) is 4. The summed E-state index contributed by atoms with van der Waals surface area (Å²) in [6.07, 6.45) is 2.45. The number of amidine groups is 1. The van der Waals surface area contributed by atoms with Gasteiger partial charge in [-0.3, -0.25) is 9.59 Å². The van der Waals surface area contributed by atoms with Crippen LogP contribution in [0.15, 0.2) is 23.2 Å². The van der Waals surface area contributed by atoms with Gasteiger partial charge in [-0.15, -0.1) is 0 Å². The normalized spacial score (nSPS) is 20.8. The van der Waals surface area contributed by atoms with Crippen molar-refractivity contribution in [2.75, 3.05) is 18.4 Å². The first-order valence-electron chi connectivity index (χ1n) is 7.94. The molecular weight excluding hydrogens is 310 g/mol. The molecule has 2 amide bonds. The van der Waals surface area contributed by atoms with E-state index in [-0.39, 0.29) is 18.2 Å². The third-order valence-corrected chi connectivity index (χ3v) is 5.36. The van der Waals surface area contributed by atoms with Gasteiger partial charge in [0.05, 0.1) is 0 Å². The molecule has 1 aromatic carbocycles. The Morgan fingerprint density at radius 1 is 1.35 bits per heavy atom. The Kier molecular flexibility index (Phi) is 4.71. The van der Waals surface area contributed by atoms with Gasteiger partial charge >= 0.3 is 0 Å². The fourth-order valence-corrected chi connectivity index (χ4v) is 3.91. The summed E-state index contributed by atoms with van der Waals surface area (Å²) < 4.78 is 0. The number of hydrogen-bond donors (Lipinski definition) is 1. The van der Waals surface area contributed by atoms with E-state index in [1.54, 1.807) is 0 Å². The largest absolute Gasteiger partial charge is 0.351 e. The van der Waals surface area contributed by atoms with Crippen molar-refractivity contribution in [3.63, 3.8) is 0 Å². The van der Waals surface area contributed by atoms with Crippen LogP contribution in [0.1, 0.15) is 30.4 Å². The van der Waals surface area contributed by atoms with Crippen LogP contribution >= 0.6 is 11.8 Å². The molecule has 0 bridgehead atoms. The SMILES string of the molecule is Cc1ccc(C)c(NC(=O)C[C@@H]2SC(N3CCCC3)=NC2=O)c1. The molecule has 0 unspecified atom stereocenters. The Morgan fingerprint density at radius 3 is 2.83 bits per heavy atom. The molecule has 0 radical (unpaired) electrons. The maximum atomic E-state index is 12.3. The molecule has 5 nitrogen and oxygen atoms in total.